The maximum absolute atomic E-state index is 11.6. The number of amides is 2. The number of hydrogen-bond donors (Lipinski definition) is 3. The Bertz CT molecular complexity index is 615. The lowest BCUT2D eigenvalue weighted by molar-refractivity contribution is 0.252. The molecule has 6 heteroatoms. The Morgan fingerprint density at radius 3 is 2.76 bits per heavy atom. The van der Waals surface area contributed by atoms with E-state index in [1.807, 2.05) is 44.2 Å². The van der Waals surface area contributed by atoms with E-state index in [2.05, 4.69) is 25.9 Å². The van der Waals surface area contributed by atoms with Crippen molar-refractivity contribution in [3.8, 4) is 0 Å². The zero-order chi connectivity index (χ0) is 15.1. The van der Waals surface area contributed by atoms with Crippen LogP contribution in [0.2, 0.25) is 0 Å². The number of aryl methyl sites for hydroxylation is 1. The predicted molar refractivity (Wildman–Crippen MR) is 83.8 cm³/mol. The normalized spacial score (nSPS) is 10.0. The van der Waals surface area contributed by atoms with Gasteiger partial charge in [0.05, 0.1) is 0 Å². The number of aromatic nitrogens is 2. The van der Waals surface area contributed by atoms with Crippen LogP contribution in [-0.4, -0.2) is 22.5 Å². The zero-order valence-corrected chi connectivity index (χ0v) is 12.2. The number of carbonyl (C=O) groups excluding carboxylic acids is 1. The number of rotatable bonds is 5. The van der Waals surface area contributed by atoms with E-state index in [-0.39, 0.29) is 6.03 Å². The van der Waals surface area contributed by atoms with Gasteiger partial charge in [0.15, 0.2) is 0 Å². The van der Waals surface area contributed by atoms with Crippen LogP contribution >= 0.6 is 0 Å². The van der Waals surface area contributed by atoms with Crippen LogP contribution in [0.25, 0.3) is 0 Å². The number of anilines is 3. The summed E-state index contributed by atoms with van der Waals surface area (Å²) in [5.74, 6) is 0.718. The Hall–Kier alpha value is -2.63. The van der Waals surface area contributed by atoms with Gasteiger partial charge in [-0.15, -0.1) is 0 Å². The predicted octanol–water partition coefficient (Wildman–Crippen LogP) is 3.06. The molecule has 0 radical (unpaired) electrons. The van der Waals surface area contributed by atoms with E-state index in [1.165, 1.54) is 6.33 Å². The fourth-order valence-corrected chi connectivity index (χ4v) is 1.76. The van der Waals surface area contributed by atoms with Gasteiger partial charge in [0.2, 0.25) is 0 Å². The smallest absolute Gasteiger partial charge is 0.319 e. The van der Waals surface area contributed by atoms with E-state index >= 15 is 0 Å². The molecule has 21 heavy (non-hydrogen) atoms. The summed E-state index contributed by atoms with van der Waals surface area (Å²) in [5.41, 5.74) is 2.46. The van der Waals surface area contributed by atoms with Crippen molar-refractivity contribution in [3.05, 3.63) is 42.4 Å². The SMILES string of the molecule is CCCNC(=O)Nc1cccc(Nc2cc(C)ncn2)c1. The quantitative estimate of drug-likeness (QED) is 0.789. The second kappa shape index (κ2) is 7.23. The molecule has 0 saturated heterocycles. The molecule has 0 unspecified atom stereocenters. The van der Waals surface area contributed by atoms with E-state index in [0.29, 0.717) is 6.54 Å². The first-order valence-electron chi connectivity index (χ1n) is 6.88. The average molecular weight is 285 g/mol. The van der Waals surface area contributed by atoms with Crippen molar-refractivity contribution >= 4 is 23.2 Å². The highest BCUT2D eigenvalue weighted by Crippen LogP contribution is 2.18. The first kappa shape index (κ1) is 14.8. The van der Waals surface area contributed by atoms with Gasteiger partial charge in [-0.1, -0.05) is 13.0 Å². The molecule has 1 aromatic heterocycles. The molecule has 3 N–H and O–H groups in total. The van der Waals surface area contributed by atoms with Crippen molar-refractivity contribution < 1.29 is 4.79 Å². The topological polar surface area (TPSA) is 78.9 Å². The molecule has 0 bridgehead atoms. The molecule has 2 rings (SSSR count). The van der Waals surface area contributed by atoms with E-state index in [1.54, 1.807) is 0 Å². The highest BCUT2D eigenvalue weighted by atomic mass is 16.2. The number of nitrogens with one attached hydrogen (secondary N) is 3. The van der Waals surface area contributed by atoms with Crippen molar-refractivity contribution in [1.29, 1.82) is 0 Å². The van der Waals surface area contributed by atoms with Gasteiger partial charge in [-0.3, -0.25) is 0 Å². The minimum Gasteiger partial charge on any atom is -0.340 e. The molecular weight excluding hydrogens is 266 g/mol. The molecule has 0 saturated carbocycles. The summed E-state index contributed by atoms with van der Waals surface area (Å²) in [7, 11) is 0. The summed E-state index contributed by atoms with van der Waals surface area (Å²) in [6.45, 7) is 4.57. The number of hydrogen-bond acceptors (Lipinski definition) is 4. The molecular formula is C15H19N5O. The summed E-state index contributed by atoms with van der Waals surface area (Å²) in [6.07, 6.45) is 2.42. The zero-order valence-electron chi connectivity index (χ0n) is 12.2. The molecule has 2 amide bonds. The lowest BCUT2D eigenvalue weighted by Crippen LogP contribution is -2.29. The average Bonchev–Trinajstić information content (AvgIpc) is 2.45. The van der Waals surface area contributed by atoms with Crippen LogP contribution in [0, 0.1) is 6.92 Å². The van der Waals surface area contributed by atoms with Crippen LogP contribution < -0.4 is 16.0 Å². The van der Waals surface area contributed by atoms with E-state index in [4.69, 9.17) is 0 Å². The Morgan fingerprint density at radius 2 is 2.00 bits per heavy atom. The number of urea groups is 1. The number of benzene rings is 1. The van der Waals surface area contributed by atoms with Gasteiger partial charge in [-0.25, -0.2) is 14.8 Å². The molecule has 0 fully saturated rings. The molecule has 0 atom stereocenters. The molecule has 0 aliphatic heterocycles. The number of nitrogens with zero attached hydrogens (tertiary/aromatic N) is 2. The van der Waals surface area contributed by atoms with E-state index in [9.17, 15) is 4.79 Å². The summed E-state index contributed by atoms with van der Waals surface area (Å²) in [6, 6.07) is 9.11. The molecule has 6 nitrogen and oxygen atoms in total. The van der Waals surface area contributed by atoms with Crippen LogP contribution in [0.15, 0.2) is 36.7 Å². The van der Waals surface area contributed by atoms with Crippen LogP contribution in [0.1, 0.15) is 19.0 Å². The first-order valence-corrected chi connectivity index (χ1v) is 6.88. The van der Waals surface area contributed by atoms with Crippen molar-refractivity contribution in [2.24, 2.45) is 0 Å². The van der Waals surface area contributed by atoms with E-state index < -0.39 is 0 Å². The van der Waals surface area contributed by atoms with Gasteiger partial charge in [0, 0.05) is 29.7 Å². The van der Waals surface area contributed by atoms with Crippen LogP contribution in [0.5, 0.6) is 0 Å². The Labute approximate surface area is 124 Å². The van der Waals surface area contributed by atoms with Gasteiger partial charge in [-0.05, 0) is 31.5 Å². The van der Waals surface area contributed by atoms with Crippen LogP contribution in [-0.2, 0) is 0 Å². The highest BCUT2D eigenvalue weighted by molar-refractivity contribution is 5.89. The van der Waals surface area contributed by atoms with Gasteiger partial charge in [-0.2, -0.15) is 0 Å². The molecule has 2 aromatic rings. The molecule has 1 aromatic carbocycles. The Kier molecular flexibility index (Phi) is 5.09. The lowest BCUT2D eigenvalue weighted by atomic mass is 10.2. The van der Waals surface area contributed by atoms with Crippen LogP contribution in [0.3, 0.4) is 0 Å². The van der Waals surface area contributed by atoms with E-state index in [0.717, 1.165) is 29.3 Å². The van der Waals surface area contributed by atoms with Crippen LogP contribution in [0.4, 0.5) is 22.0 Å². The third-order valence-corrected chi connectivity index (χ3v) is 2.73. The second-order valence-corrected chi connectivity index (χ2v) is 4.63. The third-order valence-electron chi connectivity index (χ3n) is 2.73. The fraction of sp³-hybridized carbons (Fsp3) is 0.267. The van der Waals surface area contributed by atoms with Crippen molar-refractivity contribution in [3.63, 3.8) is 0 Å². The highest BCUT2D eigenvalue weighted by Gasteiger charge is 2.02. The van der Waals surface area contributed by atoms with Gasteiger partial charge < -0.3 is 16.0 Å². The second-order valence-electron chi connectivity index (χ2n) is 4.63. The molecule has 0 aliphatic rings. The monoisotopic (exact) mass is 285 g/mol. The Morgan fingerprint density at radius 1 is 1.19 bits per heavy atom. The van der Waals surface area contributed by atoms with Crippen molar-refractivity contribution in [2.75, 3.05) is 17.2 Å². The first-order chi connectivity index (χ1) is 10.2. The molecule has 110 valence electrons. The lowest BCUT2D eigenvalue weighted by Gasteiger charge is -2.10. The number of carbonyl (C=O) groups is 1. The largest absolute Gasteiger partial charge is 0.340 e. The van der Waals surface area contributed by atoms with Crippen molar-refractivity contribution in [2.45, 2.75) is 20.3 Å². The van der Waals surface area contributed by atoms with Crippen molar-refractivity contribution in [1.82, 2.24) is 15.3 Å². The standard InChI is InChI=1S/C15H19N5O/c1-3-7-16-15(21)20-13-6-4-5-12(9-13)19-14-8-11(2)17-10-18-14/h4-6,8-10H,3,7H2,1-2H3,(H2,16,20,21)(H,17,18,19). The maximum atomic E-state index is 11.6. The Balaban J connectivity index is 2.02. The minimum atomic E-state index is -0.202. The maximum Gasteiger partial charge on any atom is 0.319 e. The fourth-order valence-electron chi connectivity index (χ4n) is 1.76. The third kappa shape index (κ3) is 4.76. The van der Waals surface area contributed by atoms with Gasteiger partial charge in [0.25, 0.3) is 0 Å². The summed E-state index contributed by atoms with van der Waals surface area (Å²) >= 11 is 0. The molecule has 1 heterocycles. The summed E-state index contributed by atoms with van der Waals surface area (Å²) in [5, 5.41) is 8.74. The summed E-state index contributed by atoms with van der Waals surface area (Å²) < 4.78 is 0. The molecule has 0 aliphatic carbocycles. The minimum absolute atomic E-state index is 0.202. The summed E-state index contributed by atoms with van der Waals surface area (Å²) in [4.78, 5) is 19.8. The van der Waals surface area contributed by atoms with Gasteiger partial charge in [0.1, 0.15) is 12.1 Å². The molecule has 0 spiro atoms. The van der Waals surface area contributed by atoms with Gasteiger partial charge >= 0.3 is 6.03 Å².